The van der Waals surface area contributed by atoms with Crippen molar-refractivity contribution in [1.82, 2.24) is 24.9 Å². The first-order valence-electron chi connectivity index (χ1n) is 9.28. The Hall–Kier alpha value is -1.47. The predicted molar refractivity (Wildman–Crippen MR) is 90.4 cm³/mol. The predicted octanol–water partition coefficient (Wildman–Crippen LogP) is 1.15. The normalized spacial score (nSPS) is 21.0. The van der Waals surface area contributed by atoms with Crippen LogP contribution < -0.4 is 0 Å². The van der Waals surface area contributed by atoms with Gasteiger partial charge in [-0.15, -0.1) is 10.2 Å². The highest BCUT2D eigenvalue weighted by Crippen LogP contribution is 2.12. The average molecular weight is 335 g/mol. The number of carbonyl (C=O) groups is 1. The quantitative estimate of drug-likeness (QED) is 0.804. The lowest BCUT2D eigenvalue weighted by Gasteiger charge is -2.34. The van der Waals surface area contributed by atoms with Crippen molar-refractivity contribution in [2.24, 2.45) is 0 Å². The molecule has 7 heteroatoms. The number of aromatic nitrogens is 2. The van der Waals surface area contributed by atoms with Gasteiger partial charge in [0.05, 0.1) is 13.1 Å². The summed E-state index contributed by atoms with van der Waals surface area (Å²) < 4.78 is 5.58. The minimum Gasteiger partial charge on any atom is -0.424 e. The molecule has 7 nitrogen and oxygen atoms in total. The van der Waals surface area contributed by atoms with Crippen LogP contribution in [0.4, 0.5) is 0 Å². The molecule has 0 atom stereocenters. The number of rotatable bonds is 5. The molecule has 2 aliphatic heterocycles. The van der Waals surface area contributed by atoms with E-state index in [4.69, 9.17) is 4.42 Å². The van der Waals surface area contributed by atoms with Crippen LogP contribution >= 0.6 is 0 Å². The second kappa shape index (κ2) is 8.58. The van der Waals surface area contributed by atoms with Crippen LogP contribution in [-0.2, 0) is 17.8 Å². The highest BCUT2D eigenvalue weighted by molar-refractivity contribution is 5.78. The zero-order valence-corrected chi connectivity index (χ0v) is 14.7. The fourth-order valence-electron chi connectivity index (χ4n) is 3.40. The van der Waals surface area contributed by atoms with Gasteiger partial charge in [-0.2, -0.15) is 0 Å². The Bertz CT molecular complexity index is 517. The smallest absolute Gasteiger partial charge is 0.236 e. The number of carbonyl (C=O) groups excluding carboxylic acids is 1. The number of hydrogen-bond acceptors (Lipinski definition) is 6. The third-order valence-electron chi connectivity index (χ3n) is 4.95. The largest absolute Gasteiger partial charge is 0.424 e. The third kappa shape index (κ3) is 4.77. The summed E-state index contributed by atoms with van der Waals surface area (Å²) in [5, 5.41) is 8.10. The lowest BCUT2D eigenvalue weighted by molar-refractivity contribution is -0.132. The second-order valence-corrected chi connectivity index (χ2v) is 6.79. The molecule has 0 saturated carbocycles. The highest BCUT2D eigenvalue weighted by Gasteiger charge is 2.23. The molecule has 0 spiro atoms. The van der Waals surface area contributed by atoms with E-state index in [2.05, 4.69) is 24.9 Å². The van der Waals surface area contributed by atoms with Gasteiger partial charge in [0.15, 0.2) is 0 Å². The van der Waals surface area contributed by atoms with Gasteiger partial charge in [-0.1, -0.05) is 19.8 Å². The third-order valence-corrected chi connectivity index (χ3v) is 4.95. The molecule has 1 aromatic rings. The van der Waals surface area contributed by atoms with E-state index in [-0.39, 0.29) is 0 Å². The summed E-state index contributed by atoms with van der Waals surface area (Å²) in [6.45, 7) is 8.90. The molecule has 2 fully saturated rings. The van der Waals surface area contributed by atoms with Gasteiger partial charge in [0, 0.05) is 45.7 Å². The maximum atomic E-state index is 12.5. The van der Waals surface area contributed by atoms with E-state index in [1.54, 1.807) is 0 Å². The Morgan fingerprint density at radius 1 is 0.917 bits per heavy atom. The van der Waals surface area contributed by atoms with E-state index in [0.29, 0.717) is 30.8 Å². The summed E-state index contributed by atoms with van der Waals surface area (Å²) in [5.74, 6) is 1.70. The maximum Gasteiger partial charge on any atom is 0.236 e. The average Bonchev–Trinajstić information content (AvgIpc) is 2.87. The van der Waals surface area contributed by atoms with Crippen molar-refractivity contribution >= 4 is 5.91 Å². The number of hydrogen-bond donors (Lipinski definition) is 0. The van der Waals surface area contributed by atoms with Crippen molar-refractivity contribution < 1.29 is 9.21 Å². The van der Waals surface area contributed by atoms with Gasteiger partial charge in [-0.25, -0.2) is 0 Å². The Morgan fingerprint density at radius 2 is 1.54 bits per heavy atom. The molecule has 1 aromatic heterocycles. The maximum absolute atomic E-state index is 12.5. The summed E-state index contributed by atoms with van der Waals surface area (Å²) in [7, 11) is 0. The van der Waals surface area contributed by atoms with Crippen LogP contribution in [0, 0.1) is 0 Å². The van der Waals surface area contributed by atoms with E-state index < -0.39 is 0 Å². The van der Waals surface area contributed by atoms with Gasteiger partial charge < -0.3 is 9.32 Å². The number of likely N-dealkylation sites (tertiary alicyclic amines) is 1. The molecule has 3 rings (SSSR count). The van der Waals surface area contributed by atoms with E-state index >= 15 is 0 Å². The summed E-state index contributed by atoms with van der Waals surface area (Å²) in [6.07, 6.45) is 5.61. The molecule has 24 heavy (non-hydrogen) atoms. The monoisotopic (exact) mass is 335 g/mol. The summed E-state index contributed by atoms with van der Waals surface area (Å²) >= 11 is 0. The Labute approximate surface area is 144 Å². The van der Waals surface area contributed by atoms with Crippen molar-refractivity contribution in [3.05, 3.63) is 11.8 Å². The number of piperazine rings is 1. The molecule has 134 valence electrons. The number of nitrogens with zero attached hydrogens (tertiary/aromatic N) is 5. The van der Waals surface area contributed by atoms with E-state index in [1.165, 1.54) is 12.8 Å². The Balaban J connectivity index is 1.40. The van der Waals surface area contributed by atoms with Crippen LogP contribution in [0.15, 0.2) is 4.42 Å². The van der Waals surface area contributed by atoms with Gasteiger partial charge in [0.25, 0.3) is 0 Å². The van der Waals surface area contributed by atoms with Crippen molar-refractivity contribution in [3.8, 4) is 0 Å². The minimum atomic E-state index is 0.301. The first-order chi connectivity index (χ1) is 11.7. The number of amides is 1. The van der Waals surface area contributed by atoms with Crippen molar-refractivity contribution in [3.63, 3.8) is 0 Å². The van der Waals surface area contributed by atoms with Gasteiger partial charge >= 0.3 is 0 Å². The van der Waals surface area contributed by atoms with E-state index in [9.17, 15) is 4.79 Å². The molecule has 0 radical (unpaired) electrons. The first-order valence-corrected chi connectivity index (χ1v) is 9.28. The second-order valence-electron chi connectivity index (χ2n) is 6.79. The number of aryl methyl sites for hydroxylation is 1. The SMILES string of the molecule is CCc1nnc(CN2CCN(CC(=O)N3CCCCCC3)CC2)o1. The molecular formula is C17H29N5O2. The van der Waals surface area contributed by atoms with Crippen LogP contribution in [0.3, 0.4) is 0 Å². The van der Waals surface area contributed by atoms with Crippen molar-refractivity contribution in [2.45, 2.75) is 45.6 Å². The molecule has 0 aromatic carbocycles. The molecule has 3 heterocycles. The Kier molecular flexibility index (Phi) is 6.20. The van der Waals surface area contributed by atoms with Gasteiger partial charge in [-0.3, -0.25) is 14.6 Å². The Morgan fingerprint density at radius 3 is 2.17 bits per heavy atom. The van der Waals surface area contributed by atoms with Gasteiger partial charge in [-0.05, 0) is 12.8 Å². The molecule has 0 N–H and O–H groups in total. The molecule has 1 amide bonds. The zero-order chi connectivity index (χ0) is 16.8. The van der Waals surface area contributed by atoms with Gasteiger partial charge in [0.2, 0.25) is 17.7 Å². The van der Waals surface area contributed by atoms with E-state index in [1.807, 2.05) is 6.92 Å². The summed E-state index contributed by atoms with van der Waals surface area (Å²) in [4.78, 5) is 19.1. The van der Waals surface area contributed by atoms with Crippen LogP contribution in [0.1, 0.15) is 44.4 Å². The van der Waals surface area contributed by atoms with Crippen molar-refractivity contribution in [2.75, 3.05) is 45.8 Å². The lowest BCUT2D eigenvalue weighted by Crippen LogP contribution is -2.49. The molecule has 0 bridgehead atoms. The highest BCUT2D eigenvalue weighted by atomic mass is 16.4. The summed E-state index contributed by atoms with van der Waals surface area (Å²) in [6, 6.07) is 0. The van der Waals surface area contributed by atoms with Crippen LogP contribution in [0.2, 0.25) is 0 Å². The fraction of sp³-hybridized carbons (Fsp3) is 0.824. The summed E-state index contributed by atoms with van der Waals surface area (Å²) in [5.41, 5.74) is 0. The first kappa shape index (κ1) is 17.4. The van der Waals surface area contributed by atoms with Crippen LogP contribution in [0.25, 0.3) is 0 Å². The van der Waals surface area contributed by atoms with Crippen LogP contribution in [-0.4, -0.2) is 76.6 Å². The van der Waals surface area contributed by atoms with E-state index in [0.717, 1.165) is 58.5 Å². The minimum absolute atomic E-state index is 0.301. The fourth-order valence-corrected chi connectivity index (χ4v) is 3.40. The molecular weight excluding hydrogens is 306 g/mol. The molecule has 2 saturated heterocycles. The van der Waals surface area contributed by atoms with Crippen molar-refractivity contribution in [1.29, 1.82) is 0 Å². The molecule has 0 aliphatic carbocycles. The topological polar surface area (TPSA) is 65.7 Å². The van der Waals surface area contributed by atoms with Gasteiger partial charge in [0.1, 0.15) is 0 Å². The zero-order valence-electron chi connectivity index (χ0n) is 14.7. The molecule has 0 unspecified atom stereocenters. The molecule has 2 aliphatic rings. The lowest BCUT2D eigenvalue weighted by atomic mass is 10.2. The van der Waals surface area contributed by atoms with Crippen LogP contribution in [0.5, 0.6) is 0 Å². The standard InChI is InChI=1S/C17H29N5O2/c1-2-15-18-19-16(24-15)13-20-9-11-21(12-10-20)14-17(23)22-7-5-3-4-6-8-22/h2-14H2,1H3.